The summed E-state index contributed by atoms with van der Waals surface area (Å²) in [5.41, 5.74) is 0. The van der Waals surface area contributed by atoms with Crippen LogP contribution in [0.5, 0.6) is 0 Å². The van der Waals surface area contributed by atoms with Gasteiger partial charge in [-0.3, -0.25) is 0 Å². The van der Waals surface area contributed by atoms with Crippen molar-refractivity contribution in [3.05, 3.63) is 12.2 Å². The Kier molecular flexibility index (Phi) is 13.0. The predicted octanol–water partition coefficient (Wildman–Crippen LogP) is 2.96. The van der Waals surface area contributed by atoms with Crippen molar-refractivity contribution < 1.29 is 15.0 Å². The molecule has 0 aromatic heterocycles. The fourth-order valence-electron chi connectivity index (χ4n) is 2.04. The quantitative estimate of drug-likeness (QED) is 0.413. The summed E-state index contributed by atoms with van der Waals surface area (Å²) >= 11 is 0. The van der Waals surface area contributed by atoms with E-state index in [-0.39, 0.29) is 6.42 Å². The Morgan fingerprint density at radius 3 is 2.21 bits per heavy atom. The highest BCUT2D eigenvalue weighted by Crippen LogP contribution is 2.09. The lowest BCUT2D eigenvalue weighted by molar-refractivity contribution is -0.307. The molecule has 0 aliphatic heterocycles. The minimum absolute atomic E-state index is 0.236. The molecule has 1 atom stereocenters. The van der Waals surface area contributed by atoms with Crippen LogP contribution in [0.15, 0.2) is 12.2 Å². The monoisotopic (exact) mass is 269 g/mol. The van der Waals surface area contributed by atoms with Crippen LogP contribution in [0.3, 0.4) is 0 Å². The van der Waals surface area contributed by atoms with Gasteiger partial charge in [0.05, 0.1) is 6.10 Å². The molecule has 0 amide bonds. The zero-order valence-electron chi connectivity index (χ0n) is 12.3. The summed E-state index contributed by atoms with van der Waals surface area (Å²) < 4.78 is 0. The number of carbonyl (C=O) groups excluding carboxylic acids is 1. The average Bonchev–Trinajstić information content (AvgIpc) is 2.35. The van der Waals surface area contributed by atoms with Gasteiger partial charge in [-0.15, -0.1) is 0 Å². The molecule has 0 radical (unpaired) electrons. The maximum atomic E-state index is 10.2. The smallest absolute Gasteiger partial charge is 0.0592 e. The second kappa shape index (κ2) is 13.6. The Bertz CT molecular complexity index is 236. The summed E-state index contributed by atoms with van der Waals surface area (Å²) in [6.45, 7) is 2.22. The van der Waals surface area contributed by atoms with Gasteiger partial charge in [-0.2, -0.15) is 0 Å². The SMILES string of the molecule is CCCCC/C=C\CCCCCCC(O)CC(=O)[O-]. The number of carboxylic acid groups (broad SMARTS) is 1. The van der Waals surface area contributed by atoms with Gasteiger partial charge in [0.1, 0.15) is 0 Å². The lowest BCUT2D eigenvalue weighted by Crippen LogP contribution is -2.27. The molecule has 0 bridgehead atoms. The lowest BCUT2D eigenvalue weighted by atomic mass is 10.1. The van der Waals surface area contributed by atoms with E-state index in [2.05, 4.69) is 19.1 Å². The molecule has 0 fully saturated rings. The van der Waals surface area contributed by atoms with Crippen LogP contribution in [0.2, 0.25) is 0 Å². The Labute approximate surface area is 117 Å². The van der Waals surface area contributed by atoms with Gasteiger partial charge in [-0.05, 0) is 32.1 Å². The molecule has 0 saturated heterocycles. The molecule has 0 aromatic rings. The standard InChI is InChI=1S/C16H30O3/c1-2-3-4-5-6-7-8-9-10-11-12-13-15(17)14-16(18)19/h6-7,15,17H,2-5,8-14H2,1H3,(H,18,19)/p-1/b7-6-. The van der Waals surface area contributed by atoms with Crippen molar-refractivity contribution in [3.8, 4) is 0 Å². The topological polar surface area (TPSA) is 60.4 Å². The number of hydrogen-bond donors (Lipinski definition) is 1. The molecule has 3 heteroatoms. The number of hydrogen-bond acceptors (Lipinski definition) is 3. The van der Waals surface area contributed by atoms with E-state index < -0.39 is 12.1 Å². The predicted molar refractivity (Wildman–Crippen MR) is 76.6 cm³/mol. The first-order chi connectivity index (χ1) is 9.16. The van der Waals surface area contributed by atoms with Gasteiger partial charge >= 0.3 is 0 Å². The molecule has 0 spiro atoms. The first-order valence-corrected chi connectivity index (χ1v) is 7.69. The molecule has 1 N–H and O–H groups in total. The van der Waals surface area contributed by atoms with Crippen molar-refractivity contribution in [2.45, 2.75) is 83.7 Å². The normalized spacial score (nSPS) is 12.9. The Balaban J connectivity index is 3.20. The molecule has 1 unspecified atom stereocenters. The molecular weight excluding hydrogens is 240 g/mol. The van der Waals surface area contributed by atoms with Crippen LogP contribution >= 0.6 is 0 Å². The number of aliphatic hydroxyl groups excluding tert-OH is 1. The van der Waals surface area contributed by atoms with Crippen LogP contribution in [-0.4, -0.2) is 17.2 Å². The highest BCUT2D eigenvalue weighted by molar-refractivity contribution is 5.64. The van der Waals surface area contributed by atoms with Crippen molar-refractivity contribution in [1.29, 1.82) is 0 Å². The number of aliphatic carboxylic acids is 1. The number of carboxylic acids is 1. The van der Waals surface area contributed by atoms with Crippen LogP contribution in [0.1, 0.15) is 77.6 Å². The Morgan fingerprint density at radius 1 is 1.05 bits per heavy atom. The zero-order valence-corrected chi connectivity index (χ0v) is 12.3. The number of unbranched alkanes of at least 4 members (excludes halogenated alkanes) is 7. The Hall–Kier alpha value is -0.830. The summed E-state index contributed by atoms with van der Waals surface area (Å²) in [6.07, 6.45) is 14.7. The molecule has 112 valence electrons. The summed E-state index contributed by atoms with van der Waals surface area (Å²) in [4.78, 5) is 10.2. The van der Waals surface area contributed by atoms with E-state index in [1.807, 2.05) is 0 Å². The molecule has 0 rings (SSSR count). The van der Waals surface area contributed by atoms with Crippen LogP contribution in [0, 0.1) is 0 Å². The summed E-state index contributed by atoms with van der Waals surface area (Å²) in [5.74, 6) is -1.17. The van der Waals surface area contributed by atoms with E-state index >= 15 is 0 Å². The molecule has 0 aromatic carbocycles. The van der Waals surface area contributed by atoms with Crippen molar-refractivity contribution in [2.75, 3.05) is 0 Å². The van der Waals surface area contributed by atoms with Crippen LogP contribution in [-0.2, 0) is 4.79 Å². The molecular formula is C16H29O3-. The van der Waals surface area contributed by atoms with E-state index in [1.54, 1.807) is 0 Å². The number of aliphatic hydroxyl groups is 1. The van der Waals surface area contributed by atoms with Crippen molar-refractivity contribution >= 4 is 5.97 Å². The minimum Gasteiger partial charge on any atom is -0.550 e. The van der Waals surface area contributed by atoms with Gasteiger partial charge in [-0.1, -0.05) is 51.2 Å². The van der Waals surface area contributed by atoms with E-state index in [4.69, 9.17) is 0 Å². The Morgan fingerprint density at radius 2 is 1.63 bits per heavy atom. The third-order valence-electron chi connectivity index (χ3n) is 3.20. The van der Waals surface area contributed by atoms with Crippen LogP contribution in [0.25, 0.3) is 0 Å². The highest BCUT2D eigenvalue weighted by Gasteiger charge is 2.03. The van der Waals surface area contributed by atoms with Crippen molar-refractivity contribution in [2.24, 2.45) is 0 Å². The summed E-state index contributed by atoms with van der Waals surface area (Å²) in [5, 5.41) is 19.6. The highest BCUT2D eigenvalue weighted by atomic mass is 16.4. The first-order valence-electron chi connectivity index (χ1n) is 7.69. The van der Waals surface area contributed by atoms with Crippen molar-refractivity contribution in [1.82, 2.24) is 0 Å². The minimum atomic E-state index is -1.17. The van der Waals surface area contributed by atoms with E-state index in [0.29, 0.717) is 6.42 Å². The maximum absolute atomic E-state index is 10.2. The first kappa shape index (κ1) is 18.2. The lowest BCUT2D eigenvalue weighted by Gasteiger charge is -2.10. The second-order valence-corrected chi connectivity index (χ2v) is 5.19. The van der Waals surface area contributed by atoms with Crippen LogP contribution in [0.4, 0.5) is 0 Å². The largest absolute Gasteiger partial charge is 0.550 e. The molecule has 0 saturated carbocycles. The fraction of sp³-hybridized carbons (Fsp3) is 0.812. The number of allylic oxidation sites excluding steroid dienone is 2. The maximum Gasteiger partial charge on any atom is 0.0592 e. The van der Waals surface area contributed by atoms with Gasteiger partial charge in [0.15, 0.2) is 0 Å². The number of carbonyl (C=O) groups is 1. The van der Waals surface area contributed by atoms with Crippen LogP contribution < -0.4 is 5.11 Å². The van der Waals surface area contributed by atoms with Gasteiger partial charge in [0.2, 0.25) is 0 Å². The fourth-order valence-corrected chi connectivity index (χ4v) is 2.04. The zero-order chi connectivity index (χ0) is 14.3. The third-order valence-corrected chi connectivity index (χ3v) is 3.20. The van der Waals surface area contributed by atoms with Gasteiger partial charge in [0, 0.05) is 12.4 Å². The molecule has 0 heterocycles. The summed E-state index contributed by atoms with van der Waals surface area (Å²) in [6, 6.07) is 0. The third kappa shape index (κ3) is 15.1. The molecule has 3 nitrogen and oxygen atoms in total. The molecule has 19 heavy (non-hydrogen) atoms. The summed E-state index contributed by atoms with van der Waals surface area (Å²) in [7, 11) is 0. The average molecular weight is 269 g/mol. The molecule has 0 aliphatic carbocycles. The van der Waals surface area contributed by atoms with Crippen molar-refractivity contribution in [3.63, 3.8) is 0 Å². The van der Waals surface area contributed by atoms with E-state index in [1.165, 1.54) is 32.1 Å². The van der Waals surface area contributed by atoms with E-state index in [0.717, 1.165) is 25.7 Å². The second-order valence-electron chi connectivity index (χ2n) is 5.19. The van der Waals surface area contributed by atoms with Gasteiger partial charge in [-0.25, -0.2) is 0 Å². The molecule has 0 aliphatic rings. The van der Waals surface area contributed by atoms with E-state index in [9.17, 15) is 15.0 Å². The van der Waals surface area contributed by atoms with Gasteiger partial charge in [0.25, 0.3) is 0 Å². The number of rotatable bonds is 13. The van der Waals surface area contributed by atoms with Gasteiger partial charge < -0.3 is 15.0 Å².